The summed E-state index contributed by atoms with van der Waals surface area (Å²) in [5.74, 6) is -0.215. The van der Waals surface area contributed by atoms with Crippen LogP contribution in [0.4, 0.5) is 0 Å². The lowest BCUT2D eigenvalue weighted by Gasteiger charge is -2.34. The van der Waals surface area contributed by atoms with Crippen LogP contribution in [0.5, 0.6) is 0 Å². The minimum Gasteiger partial charge on any atom is -0.390 e. The average Bonchev–Trinajstić information content (AvgIpc) is 2.63. The second-order valence-electron chi connectivity index (χ2n) is 9.47. The van der Waals surface area contributed by atoms with Gasteiger partial charge in [-0.15, -0.1) is 0 Å². The third kappa shape index (κ3) is 10.1. The summed E-state index contributed by atoms with van der Waals surface area (Å²) in [6.07, 6.45) is 0.417. The van der Waals surface area contributed by atoms with Crippen molar-refractivity contribution in [3.8, 4) is 0 Å². The average molecular weight is 457 g/mol. The van der Waals surface area contributed by atoms with Crippen molar-refractivity contribution < 1.29 is 18.3 Å². The van der Waals surface area contributed by atoms with Crippen molar-refractivity contribution in [2.75, 3.05) is 47.0 Å². The van der Waals surface area contributed by atoms with Crippen LogP contribution in [0.2, 0.25) is 0 Å². The highest BCUT2D eigenvalue weighted by molar-refractivity contribution is 7.88. The second kappa shape index (κ2) is 11.9. The topological polar surface area (TPSA) is 102 Å². The minimum absolute atomic E-state index is 0.106. The number of rotatable bonds is 12. The Bertz CT molecular complexity index is 778. The summed E-state index contributed by atoms with van der Waals surface area (Å²) in [6.45, 7) is 7.28. The third-order valence-electron chi connectivity index (χ3n) is 5.14. The molecule has 9 heteroatoms. The first-order valence-corrected chi connectivity index (χ1v) is 12.4. The molecule has 31 heavy (non-hydrogen) atoms. The van der Waals surface area contributed by atoms with Crippen molar-refractivity contribution in [2.24, 2.45) is 5.41 Å². The maximum atomic E-state index is 13.2. The Balaban J connectivity index is 3.03. The van der Waals surface area contributed by atoms with Crippen LogP contribution in [0.3, 0.4) is 0 Å². The van der Waals surface area contributed by atoms with Gasteiger partial charge in [0.1, 0.15) is 0 Å². The number of nitrogens with zero attached hydrogens (tertiary/aromatic N) is 2. The van der Waals surface area contributed by atoms with Crippen LogP contribution in [0, 0.1) is 5.41 Å². The lowest BCUT2D eigenvalue weighted by molar-refractivity contribution is -0.127. The zero-order valence-electron chi connectivity index (χ0n) is 19.9. The molecule has 0 saturated heterocycles. The molecular formula is C22H40N4O4S. The van der Waals surface area contributed by atoms with E-state index in [0.29, 0.717) is 13.0 Å². The quantitative estimate of drug-likeness (QED) is 0.424. The molecule has 0 aromatic heterocycles. The predicted octanol–water partition coefficient (Wildman–Crippen LogP) is 0.532. The van der Waals surface area contributed by atoms with E-state index in [4.69, 9.17) is 0 Å². The Morgan fingerprint density at radius 3 is 2.19 bits per heavy atom. The summed E-state index contributed by atoms with van der Waals surface area (Å²) < 4.78 is 24.7. The first-order valence-electron chi connectivity index (χ1n) is 10.5. The number of hydrogen-bond donors (Lipinski definition) is 3. The number of aliphatic hydroxyl groups excluding tert-OH is 1. The van der Waals surface area contributed by atoms with E-state index in [1.807, 2.05) is 70.1 Å². The molecule has 0 spiro atoms. The van der Waals surface area contributed by atoms with Gasteiger partial charge in [0.2, 0.25) is 15.9 Å². The number of carbonyl (C=O) groups is 1. The van der Waals surface area contributed by atoms with Crippen LogP contribution >= 0.6 is 0 Å². The Hall–Kier alpha value is -1.52. The van der Waals surface area contributed by atoms with E-state index in [2.05, 4.69) is 10.6 Å². The first kappa shape index (κ1) is 27.5. The van der Waals surface area contributed by atoms with Gasteiger partial charge in [0, 0.05) is 26.7 Å². The fraction of sp³-hybridized carbons (Fsp3) is 0.682. The van der Waals surface area contributed by atoms with E-state index in [1.165, 1.54) is 7.05 Å². The lowest BCUT2D eigenvalue weighted by Crippen LogP contribution is -2.58. The Labute approximate surface area is 188 Å². The molecule has 0 aliphatic rings. The molecule has 178 valence electrons. The fourth-order valence-electron chi connectivity index (χ4n) is 3.17. The van der Waals surface area contributed by atoms with E-state index >= 15 is 0 Å². The van der Waals surface area contributed by atoms with E-state index < -0.39 is 28.2 Å². The monoisotopic (exact) mass is 456 g/mol. The summed E-state index contributed by atoms with van der Waals surface area (Å²) in [4.78, 5) is 15.3. The molecule has 0 aliphatic carbocycles. The highest BCUT2D eigenvalue weighted by Gasteiger charge is 2.34. The number of aliphatic hydroxyl groups is 1. The smallest absolute Gasteiger partial charge is 0.237 e. The van der Waals surface area contributed by atoms with Crippen molar-refractivity contribution >= 4 is 15.9 Å². The summed E-state index contributed by atoms with van der Waals surface area (Å²) >= 11 is 0. The predicted molar refractivity (Wildman–Crippen MR) is 125 cm³/mol. The van der Waals surface area contributed by atoms with Crippen molar-refractivity contribution in [1.82, 2.24) is 19.8 Å². The van der Waals surface area contributed by atoms with E-state index in [0.717, 1.165) is 22.7 Å². The highest BCUT2D eigenvalue weighted by atomic mass is 32.2. The number of sulfonamides is 1. The van der Waals surface area contributed by atoms with Gasteiger partial charge < -0.3 is 20.6 Å². The van der Waals surface area contributed by atoms with Crippen LogP contribution in [-0.4, -0.2) is 93.9 Å². The SMILES string of the molecule is CN(C)CCN[C@H](C(=O)NC(Cc1ccccc1)C(O)CN(C)S(C)(=O)=O)C(C)(C)C. The summed E-state index contributed by atoms with van der Waals surface area (Å²) in [6, 6.07) is 8.42. The van der Waals surface area contributed by atoms with Crippen LogP contribution in [-0.2, 0) is 21.2 Å². The van der Waals surface area contributed by atoms with Gasteiger partial charge in [-0.3, -0.25) is 4.79 Å². The van der Waals surface area contributed by atoms with Gasteiger partial charge in [-0.05, 0) is 31.5 Å². The highest BCUT2D eigenvalue weighted by Crippen LogP contribution is 2.20. The van der Waals surface area contributed by atoms with Gasteiger partial charge in [-0.1, -0.05) is 51.1 Å². The molecule has 1 rings (SSSR count). The van der Waals surface area contributed by atoms with Gasteiger partial charge in [-0.25, -0.2) is 12.7 Å². The molecule has 3 N–H and O–H groups in total. The number of benzene rings is 1. The molecule has 3 atom stereocenters. The number of likely N-dealkylation sites (N-methyl/N-ethyl adjacent to an activating group) is 2. The van der Waals surface area contributed by atoms with Crippen molar-refractivity contribution in [3.63, 3.8) is 0 Å². The summed E-state index contributed by atoms with van der Waals surface area (Å²) in [5, 5.41) is 17.1. The molecule has 0 heterocycles. The maximum Gasteiger partial charge on any atom is 0.237 e. The van der Waals surface area contributed by atoms with E-state index in [9.17, 15) is 18.3 Å². The molecule has 0 saturated carbocycles. The Morgan fingerprint density at radius 1 is 1.13 bits per heavy atom. The molecule has 0 aliphatic heterocycles. The van der Waals surface area contributed by atoms with Gasteiger partial charge in [0.15, 0.2) is 0 Å². The first-order chi connectivity index (χ1) is 14.2. The molecule has 8 nitrogen and oxygen atoms in total. The standard InChI is InChI=1S/C22H40N4O4S/c1-22(2,3)20(23-13-14-25(4)5)21(28)24-18(15-17-11-9-8-10-12-17)19(27)16-26(6)31(7,29)30/h8-12,18-20,23,27H,13-16H2,1-7H3,(H,24,28)/t18?,19?,20-/m1/s1. The largest absolute Gasteiger partial charge is 0.390 e. The van der Waals surface area contributed by atoms with Gasteiger partial charge >= 0.3 is 0 Å². The second-order valence-corrected chi connectivity index (χ2v) is 11.6. The van der Waals surface area contributed by atoms with Crippen molar-refractivity contribution in [2.45, 2.75) is 45.4 Å². The molecule has 1 aromatic rings. The molecular weight excluding hydrogens is 416 g/mol. The summed E-state index contributed by atoms with van der Waals surface area (Å²) in [7, 11) is 1.91. The summed E-state index contributed by atoms with van der Waals surface area (Å²) in [5.41, 5.74) is 0.601. The third-order valence-corrected chi connectivity index (χ3v) is 6.42. The van der Waals surface area contributed by atoms with Gasteiger partial charge in [-0.2, -0.15) is 0 Å². The van der Waals surface area contributed by atoms with Gasteiger partial charge in [0.25, 0.3) is 0 Å². The van der Waals surface area contributed by atoms with Crippen LogP contribution in [0.25, 0.3) is 0 Å². The van der Waals surface area contributed by atoms with Crippen LogP contribution in [0.15, 0.2) is 30.3 Å². The van der Waals surface area contributed by atoms with E-state index in [-0.39, 0.29) is 17.9 Å². The number of hydrogen-bond acceptors (Lipinski definition) is 6. The Morgan fingerprint density at radius 2 is 1.71 bits per heavy atom. The zero-order valence-corrected chi connectivity index (χ0v) is 20.7. The van der Waals surface area contributed by atoms with Crippen molar-refractivity contribution in [3.05, 3.63) is 35.9 Å². The molecule has 0 bridgehead atoms. The maximum absolute atomic E-state index is 13.2. The lowest BCUT2D eigenvalue weighted by atomic mass is 9.85. The number of nitrogens with one attached hydrogen (secondary N) is 2. The molecule has 0 fully saturated rings. The normalized spacial score (nSPS) is 15.7. The Kier molecular flexibility index (Phi) is 10.6. The molecule has 0 radical (unpaired) electrons. The number of carbonyl (C=O) groups excluding carboxylic acids is 1. The molecule has 1 aromatic carbocycles. The van der Waals surface area contributed by atoms with Crippen LogP contribution < -0.4 is 10.6 Å². The molecule has 2 unspecified atom stereocenters. The zero-order chi connectivity index (χ0) is 23.8. The molecule has 1 amide bonds. The fourth-order valence-corrected chi connectivity index (χ4v) is 3.59. The number of amides is 1. The van der Waals surface area contributed by atoms with Gasteiger partial charge in [0.05, 0.1) is 24.4 Å². The van der Waals surface area contributed by atoms with Crippen LogP contribution in [0.1, 0.15) is 26.3 Å². The van der Waals surface area contributed by atoms with Crippen molar-refractivity contribution in [1.29, 1.82) is 0 Å². The van der Waals surface area contributed by atoms with E-state index in [1.54, 1.807) is 0 Å². The minimum atomic E-state index is -3.45.